The van der Waals surface area contributed by atoms with E-state index in [0.717, 1.165) is 37.1 Å². The normalized spacial score (nSPS) is 15.5. The lowest BCUT2D eigenvalue weighted by atomic mass is 9.83. The summed E-state index contributed by atoms with van der Waals surface area (Å²) in [5.74, 6) is 2.53. The van der Waals surface area contributed by atoms with Crippen molar-refractivity contribution in [1.29, 1.82) is 0 Å². The molecule has 3 nitrogen and oxygen atoms in total. The molecule has 0 radical (unpaired) electrons. The van der Waals surface area contributed by atoms with Gasteiger partial charge in [-0.25, -0.2) is 0 Å². The molecule has 2 rings (SSSR count). The molecule has 1 aliphatic carbocycles. The molecule has 0 unspecified atom stereocenters. The van der Waals surface area contributed by atoms with E-state index in [2.05, 4.69) is 24.1 Å². The fraction of sp³-hybridized carbons (Fsp3) is 0.688. The van der Waals surface area contributed by atoms with Gasteiger partial charge in [-0.15, -0.1) is 0 Å². The van der Waals surface area contributed by atoms with Crippen molar-refractivity contribution in [2.24, 2.45) is 11.8 Å². The average Bonchev–Trinajstić information content (AvgIpc) is 2.32. The first-order valence-corrected chi connectivity index (χ1v) is 7.52. The van der Waals surface area contributed by atoms with E-state index in [-0.39, 0.29) is 0 Å². The van der Waals surface area contributed by atoms with E-state index < -0.39 is 0 Å². The summed E-state index contributed by atoms with van der Waals surface area (Å²) in [5, 5.41) is 3.40. The Morgan fingerprint density at radius 3 is 2.95 bits per heavy atom. The number of aromatic nitrogens is 1. The van der Waals surface area contributed by atoms with Gasteiger partial charge in [0.2, 0.25) is 0 Å². The summed E-state index contributed by atoms with van der Waals surface area (Å²) >= 11 is 0. The highest BCUT2D eigenvalue weighted by molar-refractivity contribution is 5.22. The van der Waals surface area contributed by atoms with Crippen LogP contribution in [0.4, 0.5) is 0 Å². The number of nitrogens with zero attached hydrogens (tertiary/aromatic N) is 1. The van der Waals surface area contributed by atoms with Crippen molar-refractivity contribution in [3.63, 3.8) is 0 Å². The van der Waals surface area contributed by atoms with Gasteiger partial charge in [-0.3, -0.25) is 4.98 Å². The Kier molecular flexibility index (Phi) is 5.64. The first-order chi connectivity index (χ1) is 9.24. The van der Waals surface area contributed by atoms with Gasteiger partial charge in [0, 0.05) is 18.8 Å². The highest BCUT2D eigenvalue weighted by Crippen LogP contribution is 2.29. The van der Waals surface area contributed by atoms with E-state index >= 15 is 0 Å². The van der Waals surface area contributed by atoms with Crippen LogP contribution in [-0.2, 0) is 6.54 Å². The van der Waals surface area contributed by atoms with Crippen LogP contribution < -0.4 is 10.1 Å². The molecule has 3 heteroatoms. The topological polar surface area (TPSA) is 34.1 Å². The molecule has 0 aromatic carbocycles. The summed E-state index contributed by atoms with van der Waals surface area (Å²) < 4.78 is 5.81. The lowest BCUT2D eigenvalue weighted by Gasteiger charge is -2.24. The van der Waals surface area contributed by atoms with Crippen LogP contribution >= 0.6 is 0 Å². The predicted octanol–water partition coefficient (Wildman–Crippen LogP) is 3.40. The molecule has 106 valence electrons. The van der Waals surface area contributed by atoms with Crippen LogP contribution in [0, 0.1) is 11.8 Å². The third kappa shape index (κ3) is 5.19. The summed E-state index contributed by atoms with van der Waals surface area (Å²) in [7, 11) is 0. The predicted molar refractivity (Wildman–Crippen MR) is 78.2 cm³/mol. The number of nitrogens with one attached hydrogen (secondary N) is 1. The van der Waals surface area contributed by atoms with Crippen LogP contribution in [0.3, 0.4) is 0 Å². The molecule has 0 aliphatic heterocycles. The minimum absolute atomic E-state index is 0.668. The largest absolute Gasteiger partial charge is 0.493 e. The van der Waals surface area contributed by atoms with Crippen LogP contribution in [0.1, 0.15) is 45.2 Å². The molecule has 0 atom stereocenters. The van der Waals surface area contributed by atoms with Crippen molar-refractivity contribution >= 4 is 0 Å². The molecule has 0 bridgehead atoms. The number of rotatable bonds is 8. The van der Waals surface area contributed by atoms with E-state index in [9.17, 15) is 0 Å². The summed E-state index contributed by atoms with van der Waals surface area (Å²) in [6, 6.07) is 4.00. The molecule has 1 N–H and O–H groups in total. The fourth-order valence-electron chi connectivity index (χ4n) is 2.26. The van der Waals surface area contributed by atoms with Crippen molar-refractivity contribution in [2.45, 2.75) is 46.1 Å². The Balaban J connectivity index is 1.71. The maximum absolute atomic E-state index is 5.81. The summed E-state index contributed by atoms with van der Waals surface area (Å²) in [6.45, 7) is 7.10. The second-order valence-electron chi connectivity index (χ2n) is 5.94. The van der Waals surface area contributed by atoms with Crippen LogP contribution in [0.25, 0.3) is 0 Å². The summed E-state index contributed by atoms with van der Waals surface area (Å²) in [5.41, 5.74) is 1.06. The highest BCUT2D eigenvalue weighted by Gasteiger charge is 2.16. The van der Waals surface area contributed by atoms with Gasteiger partial charge in [0.25, 0.3) is 0 Å². The molecular weight excluding hydrogens is 236 g/mol. The minimum Gasteiger partial charge on any atom is -0.493 e. The lowest BCUT2D eigenvalue weighted by molar-refractivity contribution is 0.222. The van der Waals surface area contributed by atoms with Crippen molar-refractivity contribution in [2.75, 3.05) is 13.2 Å². The van der Waals surface area contributed by atoms with E-state index in [0.29, 0.717) is 5.92 Å². The zero-order valence-electron chi connectivity index (χ0n) is 12.2. The SMILES string of the molecule is CC(C)CNCc1cc(OCCC2CCC2)ccn1. The Morgan fingerprint density at radius 2 is 2.26 bits per heavy atom. The van der Waals surface area contributed by atoms with E-state index in [4.69, 9.17) is 4.74 Å². The van der Waals surface area contributed by atoms with Crippen molar-refractivity contribution in [3.05, 3.63) is 24.0 Å². The van der Waals surface area contributed by atoms with Gasteiger partial charge in [-0.05, 0) is 30.9 Å². The fourth-order valence-corrected chi connectivity index (χ4v) is 2.26. The Labute approximate surface area is 116 Å². The van der Waals surface area contributed by atoms with Gasteiger partial charge in [-0.2, -0.15) is 0 Å². The van der Waals surface area contributed by atoms with Crippen LogP contribution in [-0.4, -0.2) is 18.1 Å². The third-order valence-electron chi connectivity index (χ3n) is 3.67. The first kappa shape index (κ1) is 14.3. The molecule has 19 heavy (non-hydrogen) atoms. The van der Waals surface area contributed by atoms with Crippen molar-refractivity contribution in [3.8, 4) is 5.75 Å². The molecule has 0 amide bonds. The second-order valence-corrected chi connectivity index (χ2v) is 5.94. The molecule has 1 aromatic heterocycles. The van der Waals surface area contributed by atoms with Gasteiger partial charge < -0.3 is 10.1 Å². The van der Waals surface area contributed by atoms with Gasteiger partial charge in [0.15, 0.2) is 0 Å². The Morgan fingerprint density at radius 1 is 1.42 bits per heavy atom. The maximum atomic E-state index is 5.81. The smallest absolute Gasteiger partial charge is 0.122 e. The van der Waals surface area contributed by atoms with Crippen molar-refractivity contribution in [1.82, 2.24) is 10.3 Å². The molecule has 1 heterocycles. The summed E-state index contributed by atoms with van der Waals surface area (Å²) in [4.78, 5) is 4.36. The zero-order valence-corrected chi connectivity index (χ0v) is 12.2. The van der Waals surface area contributed by atoms with E-state index in [1.54, 1.807) is 0 Å². The van der Waals surface area contributed by atoms with E-state index in [1.807, 2.05) is 18.3 Å². The van der Waals surface area contributed by atoms with Crippen LogP contribution in [0.2, 0.25) is 0 Å². The third-order valence-corrected chi connectivity index (χ3v) is 3.67. The van der Waals surface area contributed by atoms with E-state index in [1.165, 1.54) is 25.7 Å². The molecule has 1 aliphatic rings. The Hall–Kier alpha value is -1.09. The molecular formula is C16H26N2O. The molecule has 1 saturated carbocycles. The lowest BCUT2D eigenvalue weighted by Crippen LogP contribution is -2.19. The number of pyridine rings is 1. The van der Waals surface area contributed by atoms with Crippen molar-refractivity contribution < 1.29 is 4.74 Å². The van der Waals surface area contributed by atoms with Gasteiger partial charge in [0.1, 0.15) is 5.75 Å². The van der Waals surface area contributed by atoms with Crippen LogP contribution in [0.5, 0.6) is 5.75 Å². The first-order valence-electron chi connectivity index (χ1n) is 7.52. The molecule has 0 saturated heterocycles. The standard InChI is InChI=1S/C16H26N2O/c1-13(2)11-17-12-15-10-16(6-8-18-15)19-9-7-14-4-3-5-14/h6,8,10,13-14,17H,3-5,7,9,11-12H2,1-2H3. The Bertz CT molecular complexity index is 375. The molecule has 1 aromatic rings. The highest BCUT2D eigenvalue weighted by atomic mass is 16.5. The number of hydrogen-bond donors (Lipinski definition) is 1. The van der Waals surface area contributed by atoms with Crippen LogP contribution in [0.15, 0.2) is 18.3 Å². The zero-order chi connectivity index (χ0) is 13.5. The maximum Gasteiger partial charge on any atom is 0.122 e. The molecule has 1 fully saturated rings. The average molecular weight is 262 g/mol. The van der Waals surface area contributed by atoms with Gasteiger partial charge in [-0.1, -0.05) is 33.1 Å². The number of ether oxygens (including phenoxy) is 1. The quantitative estimate of drug-likeness (QED) is 0.779. The minimum atomic E-state index is 0.668. The van der Waals surface area contributed by atoms with Gasteiger partial charge >= 0.3 is 0 Å². The van der Waals surface area contributed by atoms with Gasteiger partial charge in [0.05, 0.1) is 12.3 Å². The summed E-state index contributed by atoms with van der Waals surface area (Å²) in [6.07, 6.45) is 7.23. The molecule has 0 spiro atoms. The second kappa shape index (κ2) is 7.49. The monoisotopic (exact) mass is 262 g/mol. The number of hydrogen-bond acceptors (Lipinski definition) is 3.